The highest BCUT2D eigenvalue weighted by Gasteiger charge is 2.20. The molecule has 0 heterocycles. The third-order valence-corrected chi connectivity index (χ3v) is 4.73. The summed E-state index contributed by atoms with van der Waals surface area (Å²) in [6.07, 6.45) is -0.187. The average molecular weight is 412 g/mol. The fraction of sp³-hybridized carbons (Fsp3) is 0.217. The molecule has 0 spiro atoms. The molecule has 1 amide bonds. The minimum atomic E-state index is -0.677. The Hall–Kier alpha value is -3.05. The molecule has 3 rings (SSSR count). The molecule has 5 nitrogen and oxygen atoms in total. The second kappa shape index (κ2) is 9.43. The van der Waals surface area contributed by atoms with Crippen molar-refractivity contribution in [2.45, 2.75) is 26.4 Å². The summed E-state index contributed by atoms with van der Waals surface area (Å²) in [7, 11) is 0. The minimum absolute atomic E-state index is 0.212. The molecule has 0 aliphatic heterocycles. The minimum Gasteiger partial charge on any atom is -0.480 e. The SMILES string of the molecule is CCOC(=O)c1ccc(NC(=O)[C@@H](CC)Oc2cccc3ccccc23)cc1Cl. The standard InChI is InChI=1S/C23H22ClNO4/c1-3-20(29-21-11-7-9-15-8-5-6-10-17(15)21)22(26)25-16-12-13-18(19(24)14-16)23(27)28-4-2/h5-14,20H,3-4H2,1-2H3,(H,25,26)/t20-/m1/s1. The smallest absolute Gasteiger partial charge is 0.339 e. The topological polar surface area (TPSA) is 64.6 Å². The molecule has 0 radical (unpaired) electrons. The zero-order chi connectivity index (χ0) is 20.8. The number of hydrogen-bond acceptors (Lipinski definition) is 4. The molecular formula is C23H22ClNO4. The molecule has 150 valence electrons. The lowest BCUT2D eigenvalue weighted by Crippen LogP contribution is -2.32. The van der Waals surface area contributed by atoms with Gasteiger partial charge in [-0.25, -0.2) is 4.79 Å². The lowest BCUT2D eigenvalue weighted by molar-refractivity contribution is -0.122. The summed E-state index contributed by atoms with van der Waals surface area (Å²) >= 11 is 6.17. The Morgan fingerprint density at radius 3 is 2.52 bits per heavy atom. The average Bonchev–Trinajstić information content (AvgIpc) is 2.72. The first-order chi connectivity index (χ1) is 14.0. The second-order valence-corrected chi connectivity index (χ2v) is 6.80. The van der Waals surface area contributed by atoms with Gasteiger partial charge in [-0.3, -0.25) is 4.79 Å². The number of nitrogens with one attached hydrogen (secondary N) is 1. The highest BCUT2D eigenvalue weighted by Crippen LogP contribution is 2.27. The summed E-state index contributed by atoms with van der Waals surface area (Å²) in [6.45, 7) is 3.87. The van der Waals surface area contributed by atoms with E-state index in [1.807, 2.05) is 49.4 Å². The van der Waals surface area contributed by atoms with E-state index in [0.29, 0.717) is 17.9 Å². The van der Waals surface area contributed by atoms with Crippen LogP contribution in [0.2, 0.25) is 5.02 Å². The predicted octanol–water partition coefficient (Wildman–Crippen LogP) is 5.47. The van der Waals surface area contributed by atoms with E-state index in [1.54, 1.807) is 13.0 Å². The summed E-state index contributed by atoms with van der Waals surface area (Å²) in [4.78, 5) is 24.6. The Balaban J connectivity index is 1.75. The van der Waals surface area contributed by atoms with Gasteiger partial charge in [0.05, 0.1) is 17.2 Å². The molecule has 0 saturated heterocycles. The van der Waals surface area contributed by atoms with Crippen LogP contribution in [0.1, 0.15) is 30.6 Å². The molecule has 0 aliphatic carbocycles. The maximum Gasteiger partial charge on any atom is 0.339 e. The number of ether oxygens (including phenoxy) is 2. The van der Waals surface area contributed by atoms with E-state index < -0.39 is 12.1 Å². The fourth-order valence-corrected chi connectivity index (χ4v) is 3.22. The number of carbonyl (C=O) groups excluding carboxylic acids is 2. The van der Waals surface area contributed by atoms with E-state index in [9.17, 15) is 9.59 Å². The van der Waals surface area contributed by atoms with Crippen molar-refractivity contribution in [1.82, 2.24) is 0 Å². The molecule has 0 unspecified atom stereocenters. The van der Waals surface area contributed by atoms with E-state index in [-0.39, 0.29) is 23.1 Å². The quantitative estimate of drug-likeness (QED) is 0.524. The number of anilines is 1. The molecule has 1 N–H and O–H groups in total. The third-order valence-electron chi connectivity index (χ3n) is 4.41. The van der Waals surface area contributed by atoms with Crippen molar-refractivity contribution in [1.29, 1.82) is 0 Å². The Morgan fingerprint density at radius 2 is 1.79 bits per heavy atom. The van der Waals surface area contributed by atoms with Crippen LogP contribution < -0.4 is 10.1 Å². The Morgan fingerprint density at radius 1 is 1.03 bits per heavy atom. The van der Waals surface area contributed by atoms with Crippen molar-refractivity contribution in [3.63, 3.8) is 0 Å². The number of rotatable bonds is 7. The van der Waals surface area contributed by atoms with Gasteiger partial charge in [0.15, 0.2) is 6.10 Å². The summed E-state index contributed by atoms with van der Waals surface area (Å²) < 4.78 is 11.0. The van der Waals surface area contributed by atoms with Crippen molar-refractivity contribution in [3.05, 3.63) is 71.2 Å². The van der Waals surface area contributed by atoms with Crippen LogP contribution in [-0.4, -0.2) is 24.6 Å². The molecule has 1 atom stereocenters. The maximum absolute atomic E-state index is 12.7. The third kappa shape index (κ3) is 4.87. The van der Waals surface area contributed by atoms with Crippen molar-refractivity contribution < 1.29 is 19.1 Å². The van der Waals surface area contributed by atoms with Crippen molar-refractivity contribution in [3.8, 4) is 5.75 Å². The molecular weight excluding hydrogens is 390 g/mol. The van der Waals surface area contributed by atoms with Gasteiger partial charge in [0, 0.05) is 11.1 Å². The normalized spacial score (nSPS) is 11.7. The number of fused-ring (bicyclic) bond motifs is 1. The van der Waals surface area contributed by atoms with Crippen LogP contribution in [0.4, 0.5) is 5.69 Å². The molecule has 29 heavy (non-hydrogen) atoms. The van der Waals surface area contributed by atoms with Gasteiger partial charge in [0.1, 0.15) is 5.75 Å². The van der Waals surface area contributed by atoms with Gasteiger partial charge < -0.3 is 14.8 Å². The van der Waals surface area contributed by atoms with Crippen LogP contribution >= 0.6 is 11.6 Å². The Bertz CT molecular complexity index is 1030. The first-order valence-corrected chi connectivity index (χ1v) is 9.83. The monoisotopic (exact) mass is 411 g/mol. The number of carbonyl (C=O) groups is 2. The summed E-state index contributed by atoms with van der Waals surface area (Å²) in [5, 5.41) is 5.00. The van der Waals surface area contributed by atoms with Crippen LogP contribution in [0.25, 0.3) is 10.8 Å². The highest BCUT2D eigenvalue weighted by molar-refractivity contribution is 6.34. The van der Waals surface area contributed by atoms with Gasteiger partial charge in [-0.15, -0.1) is 0 Å². The summed E-state index contributed by atoms with van der Waals surface area (Å²) in [5.41, 5.74) is 0.735. The Kier molecular flexibility index (Phi) is 6.73. The van der Waals surface area contributed by atoms with Gasteiger partial charge in [-0.1, -0.05) is 54.9 Å². The van der Waals surface area contributed by atoms with E-state index >= 15 is 0 Å². The lowest BCUT2D eigenvalue weighted by atomic mass is 10.1. The maximum atomic E-state index is 12.7. The van der Waals surface area contributed by atoms with Gasteiger partial charge in [0.2, 0.25) is 0 Å². The highest BCUT2D eigenvalue weighted by atomic mass is 35.5. The number of benzene rings is 3. The number of amides is 1. The molecule has 0 bridgehead atoms. The van der Waals surface area contributed by atoms with Crippen LogP contribution in [0.5, 0.6) is 5.75 Å². The molecule has 0 aliphatic rings. The van der Waals surface area contributed by atoms with Gasteiger partial charge in [0.25, 0.3) is 5.91 Å². The Labute approximate surface area is 174 Å². The van der Waals surface area contributed by atoms with Crippen molar-refractivity contribution in [2.75, 3.05) is 11.9 Å². The van der Waals surface area contributed by atoms with Gasteiger partial charge >= 0.3 is 5.97 Å². The number of hydrogen-bond donors (Lipinski definition) is 1. The van der Waals surface area contributed by atoms with E-state index in [1.165, 1.54) is 12.1 Å². The summed E-state index contributed by atoms with van der Waals surface area (Å²) in [6, 6.07) is 18.3. The van der Waals surface area contributed by atoms with E-state index in [4.69, 9.17) is 21.1 Å². The molecule has 0 fully saturated rings. The summed E-state index contributed by atoms with van der Waals surface area (Å²) in [5.74, 6) is -0.137. The van der Waals surface area contributed by atoms with Gasteiger partial charge in [-0.2, -0.15) is 0 Å². The zero-order valence-electron chi connectivity index (χ0n) is 16.3. The van der Waals surface area contributed by atoms with Crippen LogP contribution in [0.3, 0.4) is 0 Å². The van der Waals surface area contributed by atoms with Crippen LogP contribution in [-0.2, 0) is 9.53 Å². The van der Waals surface area contributed by atoms with Gasteiger partial charge in [-0.05, 0) is 43.0 Å². The largest absolute Gasteiger partial charge is 0.480 e. The van der Waals surface area contributed by atoms with E-state index in [0.717, 1.165) is 10.8 Å². The molecule has 3 aromatic carbocycles. The molecule has 3 aromatic rings. The first kappa shape index (κ1) is 20.7. The molecule has 0 saturated carbocycles. The van der Waals surface area contributed by atoms with Crippen LogP contribution in [0, 0.1) is 0 Å². The number of esters is 1. The first-order valence-electron chi connectivity index (χ1n) is 9.45. The van der Waals surface area contributed by atoms with Crippen molar-refractivity contribution in [2.24, 2.45) is 0 Å². The lowest BCUT2D eigenvalue weighted by Gasteiger charge is -2.19. The predicted molar refractivity (Wildman–Crippen MR) is 115 cm³/mol. The zero-order valence-corrected chi connectivity index (χ0v) is 17.0. The molecule has 6 heteroatoms. The second-order valence-electron chi connectivity index (χ2n) is 6.40. The van der Waals surface area contributed by atoms with E-state index in [2.05, 4.69) is 5.32 Å². The van der Waals surface area contributed by atoms with Crippen molar-refractivity contribution >= 4 is 39.9 Å². The fourth-order valence-electron chi connectivity index (χ4n) is 2.96. The van der Waals surface area contributed by atoms with Crippen LogP contribution in [0.15, 0.2) is 60.7 Å². The molecule has 0 aromatic heterocycles. The number of halogens is 1.